The minimum atomic E-state index is -0.0614. The van der Waals surface area contributed by atoms with Crippen LogP contribution in [0.15, 0.2) is 35.5 Å². The molecule has 0 radical (unpaired) electrons. The molecule has 3 rings (SSSR count). The van der Waals surface area contributed by atoms with E-state index in [1.54, 1.807) is 11.8 Å². The van der Waals surface area contributed by atoms with Gasteiger partial charge in [0.2, 0.25) is 0 Å². The normalized spacial score (nSPS) is 14.8. The molecule has 1 amide bonds. The fourth-order valence-corrected chi connectivity index (χ4v) is 3.91. The molecule has 7 heteroatoms. The fourth-order valence-electron chi connectivity index (χ4n) is 3.11. The number of hydrogen-bond donors (Lipinski definition) is 1. The first-order valence-electron chi connectivity index (χ1n) is 10.5. The van der Waals surface area contributed by atoms with E-state index in [2.05, 4.69) is 37.1 Å². The van der Waals surface area contributed by atoms with E-state index in [-0.39, 0.29) is 17.4 Å². The summed E-state index contributed by atoms with van der Waals surface area (Å²) in [7, 11) is 0. The Labute approximate surface area is 183 Å². The van der Waals surface area contributed by atoms with Crippen molar-refractivity contribution in [2.45, 2.75) is 57.0 Å². The zero-order chi connectivity index (χ0) is 21.7. The van der Waals surface area contributed by atoms with Gasteiger partial charge in [-0.05, 0) is 31.5 Å². The van der Waals surface area contributed by atoms with Crippen LogP contribution in [0.5, 0.6) is 0 Å². The van der Waals surface area contributed by atoms with Crippen LogP contribution in [0.3, 0.4) is 0 Å². The number of nitrogens with zero attached hydrogens (tertiary/aromatic N) is 3. The van der Waals surface area contributed by atoms with Crippen molar-refractivity contribution in [1.82, 2.24) is 15.3 Å². The van der Waals surface area contributed by atoms with Gasteiger partial charge in [0.25, 0.3) is 5.91 Å². The van der Waals surface area contributed by atoms with E-state index in [0.717, 1.165) is 48.5 Å². The Balaban J connectivity index is 1.78. The second-order valence-corrected chi connectivity index (χ2v) is 9.80. The van der Waals surface area contributed by atoms with Crippen molar-refractivity contribution in [1.29, 1.82) is 0 Å². The highest BCUT2D eigenvalue weighted by molar-refractivity contribution is 7.98. The number of thioether (sulfide) groups is 1. The van der Waals surface area contributed by atoms with Crippen molar-refractivity contribution < 1.29 is 9.53 Å². The third kappa shape index (κ3) is 6.19. The Bertz CT molecular complexity index is 874. The molecule has 1 saturated heterocycles. The first-order valence-corrected chi connectivity index (χ1v) is 11.5. The molecule has 0 aliphatic carbocycles. The lowest BCUT2D eigenvalue weighted by atomic mass is 9.92. The Morgan fingerprint density at radius 1 is 1.20 bits per heavy atom. The van der Waals surface area contributed by atoms with Crippen LogP contribution in [0.1, 0.15) is 56.2 Å². The topological polar surface area (TPSA) is 67.4 Å². The highest BCUT2D eigenvalue weighted by Crippen LogP contribution is 2.28. The van der Waals surface area contributed by atoms with Gasteiger partial charge in [0.1, 0.15) is 5.82 Å². The van der Waals surface area contributed by atoms with Gasteiger partial charge in [0, 0.05) is 41.9 Å². The number of carbonyl (C=O) groups is 1. The number of hydrogen-bond acceptors (Lipinski definition) is 6. The number of carbonyl (C=O) groups excluding carboxylic acids is 1. The molecule has 2 heterocycles. The predicted octanol–water partition coefficient (Wildman–Crippen LogP) is 4.04. The van der Waals surface area contributed by atoms with Crippen LogP contribution >= 0.6 is 11.8 Å². The van der Waals surface area contributed by atoms with Crippen LogP contribution in [0.2, 0.25) is 0 Å². The van der Waals surface area contributed by atoms with Crippen molar-refractivity contribution in [2.24, 2.45) is 0 Å². The lowest BCUT2D eigenvalue weighted by molar-refractivity contribution is 0.0943. The number of amides is 1. The molecule has 0 saturated carbocycles. The second kappa shape index (κ2) is 9.79. The SMILES string of the molecule is CC(C)NC(=O)c1cccc(CSc2nc(N3CCOCC3)cc(C(C)(C)C)n2)c1. The number of nitrogens with one attached hydrogen (secondary N) is 1. The van der Waals surface area contributed by atoms with Gasteiger partial charge in [0.05, 0.1) is 18.9 Å². The third-order valence-corrected chi connectivity index (χ3v) is 5.69. The summed E-state index contributed by atoms with van der Waals surface area (Å²) in [4.78, 5) is 24.2. The summed E-state index contributed by atoms with van der Waals surface area (Å²) < 4.78 is 5.49. The molecule has 6 nitrogen and oxygen atoms in total. The molecule has 1 N–H and O–H groups in total. The zero-order valence-corrected chi connectivity index (χ0v) is 19.4. The van der Waals surface area contributed by atoms with Crippen LogP contribution < -0.4 is 10.2 Å². The van der Waals surface area contributed by atoms with E-state index in [1.807, 2.05) is 38.1 Å². The average molecular weight is 429 g/mol. The molecule has 0 atom stereocenters. The Hall–Kier alpha value is -2.12. The van der Waals surface area contributed by atoms with Gasteiger partial charge in [-0.3, -0.25) is 4.79 Å². The molecule has 1 fully saturated rings. The van der Waals surface area contributed by atoms with E-state index >= 15 is 0 Å². The number of rotatable bonds is 6. The number of ether oxygens (including phenoxy) is 1. The summed E-state index contributed by atoms with van der Waals surface area (Å²) in [6.45, 7) is 13.6. The van der Waals surface area contributed by atoms with Crippen molar-refractivity contribution >= 4 is 23.5 Å². The van der Waals surface area contributed by atoms with E-state index < -0.39 is 0 Å². The van der Waals surface area contributed by atoms with Crippen LogP contribution in [-0.4, -0.2) is 48.2 Å². The van der Waals surface area contributed by atoms with Crippen LogP contribution in [-0.2, 0) is 15.9 Å². The van der Waals surface area contributed by atoms with Crippen molar-refractivity contribution in [2.75, 3.05) is 31.2 Å². The molecule has 30 heavy (non-hydrogen) atoms. The Morgan fingerprint density at radius 2 is 1.93 bits per heavy atom. The maximum atomic E-state index is 12.3. The lowest BCUT2D eigenvalue weighted by Crippen LogP contribution is -2.37. The summed E-state index contributed by atoms with van der Waals surface area (Å²) in [5, 5.41) is 3.71. The van der Waals surface area contributed by atoms with Gasteiger partial charge in [-0.15, -0.1) is 0 Å². The first-order chi connectivity index (χ1) is 14.2. The maximum absolute atomic E-state index is 12.3. The molecular formula is C23H32N4O2S. The Morgan fingerprint density at radius 3 is 2.60 bits per heavy atom. The minimum Gasteiger partial charge on any atom is -0.378 e. The highest BCUT2D eigenvalue weighted by Gasteiger charge is 2.21. The highest BCUT2D eigenvalue weighted by atomic mass is 32.2. The molecule has 162 valence electrons. The first kappa shape index (κ1) is 22.6. The second-order valence-electron chi connectivity index (χ2n) is 8.86. The molecule has 1 aromatic carbocycles. The lowest BCUT2D eigenvalue weighted by Gasteiger charge is -2.29. The van der Waals surface area contributed by atoms with E-state index in [1.165, 1.54) is 0 Å². The Kier molecular flexibility index (Phi) is 7.36. The van der Waals surface area contributed by atoms with Gasteiger partial charge in [-0.1, -0.05) is 44.7 Å². The molecule has 0 bridgehead atoms. The minimum absolute atomic E-state index is 0.0440. The quantitative estimate of drug-likeness (QED) is 0.553. The predicted molar refractivity (Wildman–Crippen MR) is 122 cm³/mol. The van der Waals surface area contributed by atoms with Gasteiger partial charge in [-0.2, -0.15) is 0 Å². The molecule has 1 aliphatic heterocycles. The van der Waals surface area contributed by atoms with Crippen molar-refractivity contribution in [3.05, 3.63) is 47.2 Å². The summed E-state index contributed by atoms with van der Waals surface area (Å²) in [6.07, 6.45) is 0. The summed E-state index contributed by atoms with van der Waals surface area (Å²) in [5.41, 5.74) is 2.73. The van der Waals surface area contributed by atoms with Crippen molar-refractivity contribution in [3.63, 3.8) is 0 Å². The van der Waals surface area contributed by atoms with Crippen LogP contribution in [0.4, 0.5) is 5.82 Å². The van der Waals surface area contributed by atoms with Crippen molar-refractivity contribution in [3.8, 4) is 0 Å². The van der Waals surface area contributed by atoms with Gasteiger partial charge >= 0.3 is 0 Å². The van der Waals surface area contributed by atoms with E-state index in [0.29, 0.717) is 11.3 Å². The summed E-state index contributed by atoms with van der Waals surface area (Å²) in [6, 6.07) is 9.97. The monoisotopic (exact) mass is 428 g/mol. The molecule has 1 aliphatic rings. The fraction of sp³-hybridized carbons (Fsp3) is 0.522. The number of aromatic nitrogens is 2. The van der Waals surface area contributed by atoms with Crippen LogP contribution in [0, 0.1) is 0 Å². The average Bonchev–Trinajstić information content (AvgIpc) is 2.72. The van der Waals surface area contributed by atoms with Gasteiger partial charge in [-0.25, -0.2) is 9.97 Å². The molecule has 0 unspecified atom stereocenters. The number of benzene rings is 1. The smallest absolute Gasteiger partial charge is 0.251 e. The third-order valence-electron chi connectivity index (χ3n) is 4.77. The standard InChI is InChI=1S/C23H32N4O2S/c1-16(2)24-21(28)18-8-6-7-17(13-18)15-30-22-25-19(23(3,4)5)14-20(26-22)27-9-11-29-12-10-27/h6-8,13-14,16H,9-12,15H2,1-5H3,(H,24,28). The molecular weight excluding hydrogens is 396 g/mol. The van der Waals surface area contributed by atoms with E-state index in [4.69, 9.17) is 14.7 Å². The molecule has 2 aromatic rings. The largest absolute Gasteiger partial charge is 0.378 e. The zero-order valence-electron chi connectivity index (χ0n) is 18.6. The molecule has 1 aromatic heterocycles. The summed E-state index contributed by atoms with van der Waals surface area (Å²) in [5.74, 6) is 1.63. The van der Waals surface area contributed by atoms with E-state index in [9.17, 15) is 4.79 Å². The number of anilines is 1. The maximum Gasteiger partial charge on any atom is 0.251 e. The van der Waals surface area contributed by atoms with Gasteiger partial charge in [0.15, 0.2) is 5.16 Å². The van der Waals surface area contributed by atoms with Gasteiger partial charge < -0.3 is 15.0 Å². The molecule has 0 spiro atoms. The number of morpholine rings is 1. The summed E-state index contributed by atoms with van der Waals surface area (Å²) >= 11 is 1.60. The van der Waals surface area contributed by atoms with Crippen LogP contribution in [0.25, 0.3) is 0 Å².